The highest BCUT2D eigenvalue weighted by molar-refractivity contribution is 6.06. The molecular weight excluding hydrogens is 240 g/mol. The first-order valence-electron chi connectivity index (χ1n) is 5.98. The van der Waals surface area contributed by atoms with E-state index in [1.165, 1.54) is 0 Å². The van der Waals surface area contributed by atoms with Crippen LogP contribution in [0.2, 0.25) is 0 Å². The van der Waals surface area contributed by atoms with E-state index in [4.69, 9.17) is 10.5 Å². The molecule has 98 valence electrons. The van der Waals surface area contributed by atoms with Crippen LogP contribution in [-0.2, 0) is 6.54 Å². The fourth-order valence-corrected chi connectivity index (χ4v) is 1.84. The van der Waals surface area contributed by atoms with E-state index in [0.29, 0.717) is 17.9 Å². The highest BCUT2D eigenvalue weighted by Crippen LogP contribution is 2.20. The average Bonchev–Trinajstić information content (AvgIpc) is 2.47. The van der Waals surface area contributed by atoms with E-state index in [9.17, 15) is 4.79 Å². The fraction of sp³-hybridized carbons (Fsp3) is 0.133. The van der Waals surface area contributed by atoms with E-state index >= 15 is 0 Å². The molecule has 0 bridgehead atoms. The molecule has 2 rings (SSSR count). The number of hydrogen-bond donors (Lipinski definition) is 2. The zero-order valence-corrected chi connectivity index (χ0v) is 10.7. The van der Waals surface area contributed by atoms with Gasteiger partial charge in [0.25, 0.3) is 5.91 Å². The molecule has 2 aromatic carbocycles. The summed E-state index contributed by atoms with van der Waals surface area (Å²) in [6.07, 6.45) is 0. The third kappa shape index (κ3) is 2.92. The van der Waals surface area contributed by atoms with Gasteiger partial charge in [-0.1, -0.05) is 30.3 Å². The summed E-state index contributed by atoms with van der Waals surface area (Å²) < 4.78 is 5.18. The third-order valence-electron chi connectivity index (χ3n) is 2.84. The Morgan fingerprint density at radius 3 is 2.58 bits per heavy atom. The topological polar surface area (TPSA) is 64.3 Å². The molecular formula is C15H16N2O2. The van der Waals surface area contributed by atoms with Crippen LogP contribution in [-0.4, -0.2) is 13.0 Å². The Kier molecular flexibility index (Phi) is 4.15. The minimum Gasteiger partial charge on any atom is -0.496 e. The molecule has 0 radical (unpaired) electrons. The average molecular weight is 256 g/mol. The number of benzene rings is 2. The van der Waals surface area contributed by atoms with Gasteiger partial charge in [0.05, 0.1) is 12.7 Å². The molecule has 0 fully saturated rings. The third-order valence-corrected chi connectivity index (χ3v) is 2.84. The Balaban J connectivity index is 2.26. The lowest BCUT2D eigenvalue weighted by atomic mass is 10.1. The summed E-state index contributed by atoms with van der Waals surface area (Å²) in [5.41, 5.74) is 7.76. The van der Waals surface area contributed by atoms with Gasteiger partial charge in [-0.25, -0.2) is 0 Å². The van der Waals surface area contributed by atoms with E-state index in [0.717, 1.165) is 11.3 Å². The zero-order valence-electron chi connectivity index (χ0n) is 10.7. The van der Waals surface area contributed by atoms with Gasteiger partial charge in [0, 0.05) is 12.2 Å². The number of hydrogen-bond acceptors (Lipinski definition) is 3. The quantitative estimate of drug-likeness (QED) is 0.883. The molecule has 0 spiro atoms. The minimum absolute atomic E-state index is 0.210. The Bertz CT molecular complexity index is 582. The number of ether oxygens (including phenoxy) is 1. The number of nitrogens with two attached hydrogens (primary N) is 1. The molecule has 4 nitrogen and oxygen atoms in total. The Morgan fingerprint density at radius 1 is 1.16 bits per heavy atom. The molecule has 19 heavy (non-hydrogen) atoms. The predicted molar refractivity (Wildman–Crippen MR) is 75.3 cm³/mol. The van der Waals surface area contributed by atoms with Crippen molar-refractivity contribution in [2.45, 2.75) is 6.54 Å². The minimum atomic E-state index is -0.210. The van der Waals surface area contributed by atoms with Gasteiger partial charge in [-0.15, -0.1) is 0 Å². The fourth-order valence-electron chi connectivity index (χ4n) is 1.84. The normalized spacial score (nSPS) is 10.0. The molecule has 0 aliphatic rings. The predicted octanol–water partition coefficient (Wildman–Crippen LogP) is 2.41. The van der Waals surface area contributed by atoms with Gasteiger partial charge in [-0.2, -0.15) is 0 Å². The molecule has 3 N–H and O–H groups in total. The summed E-state index contributed by atoms with van der Waals surface area (Å²) in [6.45, 7) is 0.377. The van der Waals surface area contributed by atoms with Crippen molar-refractivity contribution in [3.05, 3.63) is 59.7 Å². The first kappa shape index (κ1) is 13.1. The van der Waals surface area contributed by atoms with Crippen LogP contribution < -0.4 is 15.8 Å². The summed E-state index contributed by atoms with van der Waals surface area (Å²) >= 11 is 0. The first-order chi connectivity index (χ1) is 9.26. The molecule has 2 aromatic rings. The van der Waals surface area contributed by atoms with Gasteiger partial charge in [-0.05, 0) is 23.8 Å². The van der Waals surface area contributed by atoms with E-state index in [1.807, 2.05) is 30.3 Å². The van der Waals surface area contributed by atoms with Crippen LogP contribution in [0.5, 0.6) is 5.75 Å². The smallest absolute Gasteiger partial charge is 0.259 e. The van der Waals surface area contributed by atoms with Crippen LogP contribution in [0, 0.1) is 0 Å². The van der Waals surface area contributed by atoms with Gasteiger partial charge in [0.15, 0.2) is 0 Å². The summed E-state index contributed by atoms with van der Waals surface area (Å²) in [6, 6.07) is 14.6. The van der Waals surface area contributed by atoms with Gasteiger partial charge in [-0.3, -0.25) is 4.79 Å². The van der Waals surface area contributed by atoms with Crippen LogP contribution in [0.15, 0.2) is 48.5 Å². The van der Waals surface area contributed by atoms with Gasteiger partial charge in [0.1, 0.15) is 5.75 Å². The summed E-state index contributed by atoms with van der Waals surface area (Å²) in [5, 5.41) is 2.85. The molecule has 0 heterocycles. The van der Waals surface area contributed by atoms with E-state index in [1.54, 1.807) is 25.3 Å². The Labute approximate surface area is 112 Å². The van der Waals surface area contributed by atoms with Crippen LogP contribution in [0.3, 0.4) is 0 Å². The van der Waals surface area contributed by atoms with Crippen LogP contribution in [0.1, 0.15) is 15.9 Å². The zero-order chi connectivity index (χ0) is 13.7. The maximum atomic E-state index is 12.2. The summed E-state index contributed by atoms with van der Waals surface area (Å²) in [5.74, 6) is 0.337. The second-order valence-corrected chi connectivity index (χ2v) is 4.02. The van der Waals surface area contributed by atoms with Gasteiger partial charge < -0.3 is 15.8 Å². The summed E-state index contributed by atoms with van der Waals surface area (Å²) in [7, 11) is 1.54. The molecule has 4 heteroatoms. The molecule has 1 amide bonds. The lowest BCUT2D eigenvalue weighted by Crippen LogP contribution is -2.15. The number of anilines is 1. The molecule has 0 atom stereocenters. The number of carbonyl (C=O) groups excluding carboxylic acids is 1. The number of amides is 1. The number of nitrogens with one attached hydrogen (secondary N) is 1. The van der Waals surface area contributed by atoms with Crippen molar-refractivity contribution in [3.8, 4) is 5.75 Å². The Morgan fingerprint density at radius 2 is 1.84 bits per heavy atom. The van der Waals surface area contributed by atoms with Crippen molar-refractivity contribution in [2.24, 2.45) is 5.73 Å². The standard InChI is InChI=1S/C15H16N2O2/c1-19-14-9-5-3-7-12(14)15(18)17-13-8-4-2-6-11(13)10-16/h2-9H,10,16H2,1H3,(H,17,18). The monoisotopic (exact) mass is 256 g/mol. The molecule has 0 saturated carbocycles. The van der Waals surface area contributed by atoms with Crippen molar-refractivity contribution >= 4 is 11.6 Å². The number of para-hydroxylation sites is 2. The maximum absolute atomic E-state index is 12.2. The lowest BCUT2D eigenvalue weighted by molar-refractivity contribution is 0.102. The summed E-state index contributed by atoms with van der Waals surface area (Å²) in [4.78, 5) is 12.2. The van der Waals surface area contributed by atoms with Crippen molar-refractivity contribution in [3.63, 3.8) is 0 Å². The molecule has 0 aliphatic carbocycles. The second kappa shape index (κ2) is 6.02. The van der Waals surface area contributed by atoms with Crippen LogP contribution in [0.25, 0.3) is 0 Å². The van der Waals surface area contributed by atoms with Crippen LogP contribution >= 0.6 is 0 Å². The Hall–Kier alpha value is -2.33. The maximum Gasteiger partial charge on any atom is 0.259 e. The van der Waals surface area contributed by atoms with E-state index in [-0.39, 0.29) is 5.91 Å². The molecule has 0 saturated heterocycles. The van der Waals surface area contributed by atoms with Crippen LogP contribution in [0.4, 0.5) is 5.69 Å². The van der Waals surface area contributed by atoms with Crippen molar-refractivity contribution in [2.75, 3.05) is 12.4 Å². The second-order valence-electron chi connectivity index (χ2n) is 4.02. The lowest BCUT2D eigenvalue weighted by Gasteiger charge is -2.11. The molecule has 0 aromatic heterocycles. The highest BCUT2D eigenvalue weighted by atomic mass is 16.5. The van der Waals surface area contributed by atoms with Crippen molar-refractivity contribution in [1.29, 1.82) is 0 Å². The van der Waals surface area contributed by atoms with Gasteiger partial charge in [0.2, 0.25) is 0 Å². The highest BCUT2D eigenvalue weighted by Gasteiger charge is 2.12. The van der Waals surface area contributed by atoms with Gasteiger partial charge >= 0.3 is 0 Å². The number of rotatable bonds is 4. The number of methoxy groups -OCH3 is 1. The van der Waals surface area contributed by atoms with E-state index < -0.39 is 0 Å². The SMILES string of the molecule is COc1ccccc1C(=O)Nc1ccccc1CN. The van der Waals surface area contributed by atoms with Crippen molar-refractivity contribution < 1.29 is 9.53 Å². The van der Waals surface area contributed by atoms with E-state index in [2.05, 4.69) is 5.32 Å². The molecule has 0 aliphatic heterocycles. The largest absolute Gasteiger partial charge is 0.496 e. The first-order valence-corrected chi connectivity index (χ1v) is 5.98. The van der Waals surface area contributed by atoms with Crippen molar-refractivity contribution in [1.82, 2.24) is 0 Å². The number of carbonyl (C=O) groups is 1. The molecule has 0 unspecified atom stereocenters.